The highest BCUT2D eigenvalue weighted by molar-refractivity contribution is 7.22. The van der Waals surface area contributed by atoms with E-state index in [1.165, 1.54) is 29.5 Å². The van der Waals surface area contributed by atoms with E-state index in [9.17, 15) is 13.2 Å². The molecule has 0 aliphatic carbocycles. The Hall–Kier alpha value is -2.81. The quantitative estimate of drug-likeness (QED) is 0.472. The number of halogens is 3. The Morgan fingerprint density at radius 3 is 2.59 bits per heavy atom. The molecular weight excluding hydrogens is 377 g/mol. The van der Waals surface area contributed by atoms with Gasteiger partial charge in [0.1, 0.15) is 5.75 Å². The number of para-hydroxylation sites is 2. The number of hydrogen-bond acceptors (Lipinski definition) is 5. The van der Waals surface area contributed by atoms with E-state index in [1.807, 2.05) is 24.3 Å². The minimum absolute atomic E-state index is 0.168. The summed E-state index contributed by atoms with van der Waals surface area (Å²) in [5.41, 5.74) is 2.44. The second kappa shape index (κ2) is 6.41. The van der Waals surface area contributed by atoms with Gasteiger partial charge in [-0.2, -0.15) is 0 Å². The molecule has 0 aliphatic heterocycles. The van der Waals surface area contributed by atoms with Crippen LogP contribution in [-0.2, 0) is 0 Å². The van der Waals surface area contributed by atoms with Gasteiger partial charge in [0.2, 0.25) is 5.95 Å². The number of nitrogens with one attached hydrogen (secondary N) is 1. The number of nitrogens with zero attached hydrogens (tertiary/aromatic N) is 3. The third-order valence-electron chi connectivity index (χ3n) is 3.92. The van der Waals surface area contributed by atoms with Crippen LogP contribution in [0.1, 0.15) is 19.9 Å². The summed E-state index contributed by atoms with van der Waals surface area (Å²) in [6.07, 6.45) is -4.72. The Kier molecular flexibility index (Phi) is 4.18. The van der Waals surface area contributed by atoms with Crippen molar-refractivity contribution in [2.45, 2.75) is 26.3 Å². The Bertz CT molecular complexity index is 1120. The zero-order chi connectivity index (χ0) is 19.2. The zero-order valence-electron chi connectivity index (χ0n) is 14.4. The van der Waals surface area contributed by atoms with Gasteiger partial charge in [-0.25, -0.2) is 9.97 Å². The van der Waals surface area contributed by atoms with Crippen molar-refractivity contribution in [3.05, 3.63) is 42.5 Å². The second-order valence-corrected chi connectivity index (χ2v) is 7.24. The monoisotopic (exact) mass is 392 g/mol. The standard InChI is InChI=1S/C18H15F3N4OS/c1-10(2)25-14-6-4-3-5-12(14)22-16(25)24-17-23-13-8-7-11(9-15(13)27-17)26-18(19,20)21/h3-10H,1-2H3,(H,22,23,24). The maximum absolute atomic E-state index is 12.4. The molecule has 0 spiro atoms. The number of imidazole rings is 1. The Labute approximate surface area is 156 Å². The van der Waals surface area contributed by atoms with Crippen molar-refractivity contribution < 1.29 is 17.9 Å². The summed E-state index contributed by atoms with van der Waals surface area (Å²) in [4.78, 5) is 9.04. The smallest absolute Gasteiger partial charge is 0.406 e. The number of rotatable bonds is 4. The van der Waals surface area contributed by atoms with Crippen LogP contribution in [0.25, 0.3) is 21.3 Å². The van der Waals surface area contributed by atoms with E-state index in [0.29, 0.717) is 21.3 Å². The van der Waals surface area contributed by atoms with Crippen LogP contribution in [0, 0.1) is 0 Å². The van der Waals surface area contributed by atoms with Crippen LogP contribution in [0.5, 0.6) is 5.75 Å². The first kappa shape index (κ1) is 17.6. The molecule has 9 heteroatoms. The van der Waals surface area contributed by atoms with Crippen molar-refractivity contribution in [1.82, 2.24) is 14.5 Å². The molecule has 0 bridgehead atoms. The number of hydrogen-bond donors (Lipinski definition) is 1. The lowest BCUT2D eigenvalue weighted by atomic mass is 10.3. The molecule has 2 heterocycles. The predicted molar refractivity (Wildman–Crippen MR) is 99.7 cm³/mol. The van der Waals surface area contributed by atoms with Crippen molar-refractivity contribution in [2.75, 3.05) is 5.32 Å². The Morgan fingerprint density at radius 2 is 1.85 bits per heavy atom. The van der Waals surface area contributed by atoms with Crippen LogP contribution in [0.15, 0.2) is 42.5 Å². The SMILES string of the molecule is CC(C)n1c(Nc2nc3ccc(OC(F)(F)F)cc3s2)nc2ccccc21. The maximum Gasteiger partial charge on any atom is 0.573 e. The predicted octanol–water partition coefficient (Wildman–Crippen LogP) is 5.87. The van der Waals surface area contributed by atoms with E-state index in [4.69, 9.17) is 0 Å². The minimum Gasteiger partial charge on any atom is -0.406 e. The lowest BCUT2D eigenvalue weighted by molar-refractivity contribution is -0.274. The first-order valence-electron chi connectivity index (χ1n) is 8.20. The van der Waals surface area contributed by atoms with Gasteiger partial charge in [0.05, 0.1) is 21.3 Å². The topological polar surface area (TPSA) is 52.0 Å². The molecule has 140 valence electrons. The minimum atomic E-state index is -4.72. The highest BCUT2D eigenvalue weighted by atomic mass is 32.1. The molecule has 5 nitrogen and oxygen atoms in total. The van der Waals surface area contributed by atoms with Crippen molar-refractivity contribution in [3.63, 3.8) is 0 Å². The highest BCUT2D eigenvalue weighted by Gasteiger charge is 2.31. The van der Waals surface area contributed by atoms with Gasteiger partial charge in [-0.3, -0.25) is 0 Å². The van der Waals surface area contributed by atoms with E-state index in [2.05, 4.69) is 38.4 Å². The van der Waals surface area contributed by atoms with Crippen molar-refractivity contribution >= 4 is 43.7 Å². The van der Waals surface area contributed by atoms with Gasteiger partial charge in [0.15, 0.2) is 5.13 Å². The van der Waals surface area contributed by atoms with Gasteiger partial charge in [0, 0.05) is 12.1 Å². The number of benzene rings is 2. The van der Waals surface area contributed by atoms with E-state index in [1.54, 1.807) is 0 Å². The first-order chi connectivity index (χ1) is 12.8. The second-order valence-electron chi connectivity index (χ2n) is 6.21. The van der Waals surface area contributed by atoms with Crippen LogP contribution >= 0.6 is 11.3 Å². The van der Waals surface area contributed by atoms with Crippen LogP contribution in [-0.4, -0.2) is 20.9 Å². The molecular formula is C18H15F3N4OS. The summed E-state index contributed by atoms with van der Waals surface area (Å²) in [5, 5.41) is 3.74. The fraction of sp³-hybridized carbons (Fsp3) is 0.222. The van der Waals surface area contributed by atoms with E-state index >= 15 is 0 Å². The zero-order valence-corrected chi connectivity index (χ0v) is 15.2. The molecule has 0 atom stereocenters. The maximum atomic E-state index is 12.4. The average molecular weight is 392 g/mol. The number of ether oxygens (including phenoxy) is 1. The van der Waals surface area contributed by atoms with Gasteiger partial charge in [-0.1, -0.05) is 23.5 Å². The van der Waals surface area contributed by atoms with Gasteiger partial charge in [-0.15, -0.1) is 13.2 Å². The molecule has 0 fully saturated rings. The third-order valence-corrected chi connectivity index (χ3v) is 4.86. The van der Waals surface area contributed by atoms with Crippen molar-refractivity contribution in [3.8, 4) is 5.75 Å². The van der Waals surface area contributed by atoms with Crippen LogP contribution in [0.4, 0.5) is 24.3 Å². The van der Waals surface area contributed by atoms with E-state index < -0.39 is 6.36 Å². The van der Waals surface area contributed by atoms with E-state index in [0.717, 1.165) is 11.0 Å². The first-order valence-corrected chi connectivity index (χ1v) is 9.02. The molecule has 2 aromatic heterocycles. The summed E-state index contributed by atoms with van der Waals surface area (Å²) in [7, 11) is 0. The lowest BCUT2D eigenvalue weighted by Gasteiger charge is -2.12. The molecule has 0 unspecified atom stereocenters. The molecule has 27 heavy (non-hydrogen) atoms. The van der Waals surface area contributed by atoms with Crippen molar-refractivity contribution in [1.29, 1.82) is 0 Å². The van der Waals surface area contributed by atoms with Gasteiger partial charge in [-0.05, 0) is 38.1 Å². The number of aromatic nitrogens is 3. The third kappa shape index (κ3) is 3.55. The molecule has 4 rings (SSSR count). The Balaban J connectivity index is 1.69. The normalized spacial score (nSPS) is 12.2. The van der Waals surface area contributed by atoms with Gasteiger partial charge >= 0.3 is 6.36 Å². The summed E-state index contributed by atoms with van der Waals surface area (Å²) >= 11 is 1.24. The molecule has 2 aromatic carbocycles. The number of fused-ring (bicyclic) bond motifs is 2. The highest BCUT2D eigenvalue weighted by Crippen LogP contribution is 2.34. The van der Waals surface area contributed by atoms with Gasteiger partial charge in [0.25, 0.3) is 0 Å². The number of thiazole rings is 1. The van der Waals surface area contributed by atoms with E-state index in [-0.39, 0.29) is 11.8 Å². The largest absolute Gasteiger partial charge is 0.573 e. The van der Waals surface area contributed by atoms with Gasteiger partial charge < -0.3 is 14.6 Å². The summed E-state index contributed by atoms with van der Waals surface area (Å²) in [6.45, 7) is 4.11. The number of alkyl halides is 3. The average Bonchev–Trinajstić information content (AvgIpc) is 3.13. The van der Waals surface area contributed by atoms with Crippen LogP contribution in [0.2, 0.25) is 0 Å². The Morgan fingerprint density at radius 1 is 1.07 bits per heavy atom. The molecule has 0 amide bonds. The molecule has 0 saturated carbocycles. The van der Waals surface area contributed by atoms with Crippen LogP contribution < -0.4 is 10.1 Å². The molecule has 4 aromatic rings. The fourth-order valence-corrected chi connectivity index (χ4v) is 3.79. The molecule has 0 saturated heterocycles. The van der Waals surface area contributed by atoms with Crippen LogP contribution in [0.3, 0.4) is 0 Å². The summed E-state index contributed by atoms with van der Waals surface area (Å²) in [5.74, 6) is 0.372. The van der Waals surface area contributed by atoms with Crippen molar-refractivity contribution in [2.24, 2.45) is 0 Å². The fourth-order valence-electron chi connectivity index (χ4n) is 2.91. The summed E-state index contributed by atoms with van der Waals surface area (Å²) in [6, 6.07) is 12.0. The summed E-state index contributed by atoms with van der Waals surface area (Å²) < 4.78 is 43.8. The molecule has 0 radical (unpaired) electrons. The molecule has 0 aliphatic rings. The number of anilines is 2. The lowest BCUT2D eigenvalue weighted by Crippen LogP contribution is -2.16. The molecule has 1 N–H and O–H groups in total.